The molecule has 1 amide bonds. The molecule has 2 aromatic rings. The Morgan fingerprint density at radius 1 is 0.955 bits per heavy atom. The fourth-order valence-electron chi connectivity index (χ4n) is 3.87. The number of likely N-dealkylation sites (tertiary alicyclic amines) is 1. The molecule has 0 spiro atoms. The number of rotatable bonds is 1. The number of amides is 1. The number of nitrogens with zero attached hydrogens (tertiary/aromatic N) is 2. The molecule has 0 N–H and O–H groups in total. The van der Waals surface area contributed by atoms with E-state index in [0.29, 0.717) is 0 Å². The van der Waals surface area contributed by atoms with Crippen LogP contribution in [0.5, 0.6) is 0 Å². The summed E-state index contributed by atoms with van der Waals surface area (Å²) in [6.45, 7) is 1.81. The number of piperidine rings is 1. The van der Waals surface area contributed by atoms with Gasteiger partial charge in [0, 0.05) is 24.2 Å². The lowest BCUT2D eigenvalue weighted by atomic mass is 9.89. The molecule has 0 atom stereocenters. The van der Waals surface area contributed by atoms with E-state index >= 15 is 0 Å². The first kappa shape index (κ1) is 13.7. The highest BCUT2D eigenvalue weighted by Crippen LogP contribution is 2.30. The Kier molecular flexibility index (Phi) is 3.57. The van der Waals surface area contributed by atoms with Gasteiger partial charge in [0.15, 0.2) is 0 Å². The molecule has 3 nitrogen and oxygen atoms in total. The number of hydrogen-bond acceptors (Lipinski definition) is 2. The van der Waals surface area contributed by atoms with Gasteiger partial charge >= 0.3 is 0 Å². The minimum atomic E-state index is 0.233. The van der Waals surface area contributed by atoms with Gasteiger partial charge < -0.3 is 4.90 Å². The second-order valence-electron chi connectivity index (χ2n) is 6.49. The summed E-state index contributed by atoms with van der Waals surface area (Å²) in [4.78, 5) is 20.1. The van der Waals surface area contributed by atoms with Crippen molar-refractivity contribution in [3.63, 3.8) is 0 Å². The smallest absolute Gasteiger partial charge is 0.254 e. The van der Waals surface area contributed by atoms with Gasteiger partial charge in [0.2, 0.25) is 0 Å². The first-order valence-electron chi connectivity index (χ1n) is 8.54. The van der Waals surface area contributed by atoms with Crippen LogP contribution >= 0.6 is 0 Å². The molecule has 22 heavy (non-hydrogen) atoms. The molecule has 1 aliphatic heterocycles. The lowest BCUT2D eigenvalue weighted by molar-refractivity contribution is 0.0725. The van der Waals surface area contributed by atoms with Gasteiger partial charge in [0.1, 0.15) is 0 Å². The molecule has 2 heterocycles. The Balaban J connectivity index is 1.88. The van der Waals surface area contributed by atoms with Crippen molar-refractivity contribution in [2.75, 3.05) is 13.1 Å². The number of pyridine rings is 1. The molecule has 0 radical (unpaired) electrons. The van der Waals surface area contributed by atoms with Crippen LogP contribution in [-0.2, 0) is 12.8 Å². The van der Waals surface area contributed by atoms with Gasteiger partial charge in [-0.1, -0.05) is 18.2 Å². The fraction of sp³-hybridized carbons (Fsp3) is 0.474. The van der Waals surface area contributed by atoms with Crippen molar-refractivity contribution in [3.05, 3.63) is 41.1 Å². The number of carbonyl (C=O) groups excluding carboxylic acids is 1. The molecule has 3 heteroatoms. The standard InChI is InChI=1S/C19H22N2O/c22-19(21-12-6-1-7-13-21)18-14-8-2-4-10-16(14)20-17-11-5-3-9-15(17)18/h2,4,8,10H,1,3,5-7,9,11-13H2. The molecule has 2 aliphatic rings. The van der Waals surface area contributed by atoms with E-state index in [0.717, 1.165) is 60.9 Å². The molecule has 0 saturated carbocycles. The van der Waals surface area contributed by atoms with Crippen molar-refractivity contribution < 1.29 is 4.79 Å². The quantitative estimate of drug-likeness (QED) is 0.802. The van der Waals surface area contributed by atoms with E-state index in [2.05, 4.69) is 11.0 Å². The Morgan fingerprint density at radius 3 is 2.59 bits per heavy atom. The van der Waals surface area contributed by atoms with Gasteiger partial charge in [0.05, 0.1) is 11.1 Å². The molecule has 1 fully saturated rings. The number of aryl methyl sites for hydroxylation is 1. The van der Waals surface area contributed by atoms with E-state index in [1.807, 2.05) is 18.2 Å². The molecule has 4 rings (SSSR count). The molecule has 1 aromatic heterocycles. The third-order valence-electron chi connectivity index (χ3n) is 5.03. The van der Waals surface area contributed by atoms with Crippen LogP contribution in [0.3, 0.4) is 0 Å². The normalized spacial score (nSPS) is 18.3. The van der Waals surface area contributed by atoms with Gasteiger partial charge in [-0.25, -0.2) is 0 Å². The van der Waals surface area contributed by atoms with Gasteiger partial charge in [-0.2, -0.15) is 0 Å². The minimum absolute atomic E-state index is 0.233. The lowest BCUT2D eigenvalue weighted by Gasteiger charge is -2.29. The van der Waals surface area contributed by atoms with Crippen LogP contribution in [0.25, 0.3) is 10.9 Å². The zero-order chi connectivity index (χ0) is 14.9. The fourth-order valence-corrected chi connectivity index (χ4v) is 3.87. The largest absolute Gasteiger partial charge is 0.339 e. The predicted octanol–water partition coefficient (Wildman–Crippen LogP) is 3.74. The highest BCUT2D eigenvalue weighted by molar-refractivity contribution is 6.07. The van der Waals surface area contributed by atoms with Crippen LogP contribution in [0.2, 0.25) is 0 Å². The van der Waals surface area contributed by atoms with E-state index in [1.165, 1.54) is 24.8 Å². The Morgan fingerprint density at radius 2 is 1.73 bits per heavy atom. The summed E-state index contributed by atoms with van der Waals surface area (Å²) in [5, 5.41) is 1.04. The van der Waals surface area contributed by atoms with Crippen molar-refractivity contribution in [3.8, 4) is 0 Å². The van der Waals surface area contributed by atoms with Crippen LogP contribution in [0.1, 0.15) is 53.7 Å². The summed E-state index contributed by atoms with van der Waals surface area (Å²) < 4.78 is 0. The summed E-state index contributed by atoms with van der Waals surface area (Å²) >= 11 is 0. The third kappa shape index (κ3) is 2.29. The third-order valence-corrected chi connectivity index (χ3v) is 5.03. The van der Waals surface area contributed by atoms with E-state index < -0.39 is 0 Å². The molecular weight excluding hydrogens is 272 g/mol. The molecule has 0 bridgehead atoms. The first-order valence-corrected chi connectivity index (χ1v) is 8.54. The number of benzene rings is 1. The number of para-hydroxylation sites is 1. The molecule has 114 valence electrons. The lowest BCUT2D eigenvalue weighted by Crippen LogP contribution is -2.36. The highest BCUT2D eigenvalue weighted by atomic mass is 16.2. The molecule has 0 unspecified atom stereocenters. The minimum Gasteiger partial charge on any atom is -0.339 e. The SMILES string of the molecule is O=C(c1c2c(nc3ccccc13)CCCC2)N1CCCCC1. The predicted molar refractivity (Wildman–Crippen MR) is 88.1 cm³/mol. The Bertz CT molecular complexity index is 717. The monoisotopic (exact) mass is 294 g/mol. The summed E-state index contributed by atoms with van der Waals surface area (Å²) in [5.74, 6) is 0.233. The average Bonchev–Trinajstić information content (AvgIpc) is 2.60. The van der Waals surface area contributed by atoms with Crippen LogP contribution < -0.4 is 0 Å². The second kappa shape index (κ2) is 5.71. The second-order valence-corrected chi connectivity index (χ2v) is 6.49. The molecular formula is C19H22N2O. The van der Waals surface area contributed by atoms with Crippen molar-refractivity contribution in [2.24, 2.45) is 0 Å². The highest BCUT2D eigenvalue weighted by Gasteiger charge is 2.26. The van der Waals surface area contributed by atoms with Gasteiger partial charge in [-0.3, -0.25) is 9.78 Å². The average molecular weight is 294 g/mol. The zero-order valence-electron chi connectivity index (χ0n) is 13.0. The maximum atomic E-state index is 13.2. The van der Waals surface area contributed by atoms with Crippen LogP contribution in [-0.4, -0.2) is 28.9 Å². The molecule has 1 saturated heterocycles. The van der Waals surface area contributed by atoms with Crippen molar-refractivity contribution in [1.29, 1.82) is 0 Å². The molecule has 1 aliphatic carbocycles. The summed E-state index contributed by atoms with van der Waals surface area (Å²) in [6, 6.07) is 8.14. The topological polar surface area (TPSA) is 33.2 Å². The van der Waals surface area contributed by atoms with Crippen molar-refractivity contribution in [1.82, 2.24) is 9.88 Å². The number of hydrogen-bond donors (Lipinski definition) is 0. The summed E-state index contributed by atoms with van der Waals surface area (Å²) in [5.41, 5.74) is 4.30. The van der Waals surface area contributed by atoms with Crippen LogP contribution in [0, 0.1) is 0 Å². The van der Waals surface area contributed by atoms with E-state index in [-0.39, 0.29) is 5.91 Å². The van der Waals surface area contributed by atoms with E-state index in [1.54, 1.807) is 0 Å². The Hall–Kier alpha value is -1.90. The maximum Gasteiger partial charge on any atom is 0.254 e. The van der Waals surface area contributed by atoms with Crippen LogP contribution in [0.15, 0.2) is 24.3 Å². The van der Waals surface area contributed by atoms with Gasteiger partial charge in [0.25, 0.3) is 5.91 Å². The van der Waals surface area contributed by atoms with E-state index in [4.69, 9.17) is 4.98 Å². The van der Waals surface area contributed by atoms with Gasteiger partial charge in [-0.15, -0.1) is 0 Å². The summed E-state index contributed by atoms with van der Waals surface area (Å²) in [6.07, 6.45) is 7.90. The first-order chi connectivity index (χ1) is 10.8. The Labute approximate surface area is 131 Å². The number of aromatic nitrogens is 1. The number of carbonyl (C=O) groups is 1. The maximum absolute atomic E-state index is 13.2. The zero-order valence-corrected chi connectivity index (χ0v) is 13.0. The number of fused-ring (bicyclic) bond motifs is 2. The van der Waals surface area contributed by atoms with Crippen LogP contribution in [0.4, 0.5) is 0 Å². The van der Waals surface area contributed by atoms with Gasteiger partial charge in [-0.05, 0) is 56.6 Å². The molecule has 1 aromatic carbocycles. The van der Waals surface area contributed by atoms with Crippen molar-refractivity contribution >= 4 is 16.8 Å². The van der Waals surface area contributed by atoms with E-state index in [9.17, 15) is 4.79 Å². The van der Waals surface area contributed by atoms with Crippen molar-refractivity contribution in [2.45, 2.75) is 44.9 Å². The summed E-state index contributed by atoms with van der Waals surface area (Å²) in [7, 11) is 0.